The van der Waals surface area contributed by atoms with Crippen molar-refractivity contribution >= 4 is 56.1 Å². The van der Waals surface area contributed by atoms with E-state index in [2.05, 4.69) is 20.0 Å². The van der Waals surface area contributed by atoms with Crippen LogP contribution in [0.3, 0.4) is 0 Å². The van der Waals surface area contributed by atoms with Gasteiger partial charge >= 0.3 is 31.8 Å². The third-order valence-electron chi connectivity index (χ3n) is 7.80. The molecule has 6 aromatic rings. The van der Waals surface area contributed by atoms with Gasteiger partial charge in [0, 0.05) is 35.4 Å². The average molecular weight is 850 g/mol. The number of aromatic nitrogens is 2. The van der Waals surface area contributed by atoms with Crippen molar-refractivity contribution in [3.63, 3.8) is 0 Å². The molecule has 0 radical (unpaired) electrons. The number of rotatable bonds is 8. The number of hydrogen-bond acceptors (Lipinski definition) is 7. The summed E-state index contributed by atoms with van der Waals surface area (Å²) < 4.78 is 85.4. The molecule has 0 atom stereocenters. The Kier molecular flexibility index (Phi) is 17.5. The second kappa shape index (κ2) is 21.7. The SMILES string of the molecule is CCOCC.Cc1ccc2cccc(N=C(/C=C(\[O-])c3ccccc3)C(F)(F)F)c2n1.Cc1ccc2cccc(N=C(/C=C(\[O-])c3ccccc3)C(F)(F)F)c2n1.[Zn+2]. The van der Waals surface area contributed by atoms with Gasteiger partial charge < -0.3 is 14.9 Å². The molecule has 0 saturated carbocycles. The maximum Gasteiger partial charge on any atom is 2.00 e. The molecule has 58 heavy (non-hydrogen) atoms. The summed E-state index contributed by atoms with van der Waals surface area (Å²) in [6, 6.07) is 32.2. The van der Waals surface area contributed by atoms with Crippen molar-refractivity contribution < 1.29 is 60.8 Å². The van der Waals surface area contributed by atoms with E-state index >= 15 is 0 Å². The number of para-hydroxylation sites is 2. The zero-order chi connectivity index (χ0) is 41.6. The molecule has 0 aliphatic heterocycles. The monoisotopic (exact) mass is 848 g/mol. The van der Waals surface area contributed by atoms with E-state index in [-0.39, 0.29) is 42.0 Å². The number of allylic oxidation sites excluding steroid dienone is 2. The van der Waals surface area contributed by atoms with Crippen LogP contribution in [0, 0.1) is 13.8 Å². The van der Waals surface area contributed by atoms with Gasteiger partial charge in [0.2, 0.25) is 0 Å². The number of alkyl halides is 6. The van der Waals surface area contributed by atoms with E-state index in [4.69, 9.17) is 4.74 Å². The van der Waals surface area contributed by atoms with Crippen LogP contribution in [0.15, 0.2) is 143 Å². The summed E-state index contributed by atoms with van der Waals surface area (Å²) in [7, 11) is 0. The average Bonchev–Trinajstić information content (AvgIpc) is 3.18. The van der Waals surface area contributed by atoms with E-state index in [1.54, 1.807) is 98.8 Å². The molecule has 0 saturated heterocycles. The molecule has 0 bridgehead atoms. The van der Waals surface area contributed by atoms with Crippen molar-refractivity contribution in [2.45, 2.75) is 40.0 Å². The standard InChI is InChI=1S/2C20H15F3N2O.C4H10O.Zn/c2*1-13-10-11-15-8-5-9-16(19(15)24-13)25-18(20(21,22)23)12-17(26)14-6-3-2-4-7-14;1-3-5-4-2;/h2*2-12,26H,1H3;3-4H2,1-2H3;/q;;;+2/p-2/b2*17-12-,25-18?;;. The van der Waals surface area contributed by atoms with Crippen molar-refractivity contribution in [1.29, 1.82) is 0 Å². The molecule has 0 fully saturated rings. The zero-order valence-corrected chi connectivity index (χ0v) is 35.1. The quantitative estimate of drug-likeness (QED) is 0.0656. The molecule has 14 heteroatoms. The van der Waals surface area contributed by atoms with Crippen LogP contribution in [0.5, 0.6) is 0 Å². The predicted octanol–water partition coefficient (Wildman–Crippen LogP) is 10.2. The van der Waals surface area contributed by atoms with Crippen molar-refractivity contribution in [3.05, 3.63) is 156 Å². The maximum absolute atomic E-state index is 13.4. The fraction of sp³-hybridized carbons (Fsp3) is 0.182. The smallest absolute Gasteiger partial charge is 0.872 e. The summed E-state index contributed by atoms with van der Waals surface area (Å²) in [5.74, 6) is -1.52. The number of aryl methyl sites for hydroxylation is 2. The molecule has 0 spiro atoms. The molecule has 296 valence electrons. The van der Waals surface area contributed by atoms with Crippen LogP contribution in [0.2, 0.25) is 0 Å². The molecule has 0 N–H and O–H groups in total. The van der Waals surface area contributed by atoms with E-state index in [0.717, 1.165) is 13.2 Å². The Morgan fingerprint density at radius 1 is 0.552 bits per heavy atom. The maximum atomic E-state index is 13.4. The van der Waals surface area contributed by atoms with E-state index in [1.807, 2.05) is 13.8 Å². The van der Waals surface area contributed by atoms with Gasteiger partial charge in [-0.25, -0.2) is 9.98 Å². The number of hydrogen-bond donors (Lipinski definition) is 0. The number of nitrogens with zero attached hydrogens (tertiary/aromatic N) is 4. The summed E-state index contributed by atoms with van der Waals surface area (Å²) >= 11 is 0. The summed E-state index contributed by atoms with van der Waals surface area (Å²) in [6.07, 6.45) is -8.50. The van der Waals surface area contributed by atoms with Gasteiger partial charge in [-0.05, 0) is 75.2 Å². The minimum atomic E-state index is -4.77. The third-order valence-corrected chi connectivity index (χ3v) is 7.80. The molecule has 0 unspecified atom stereocenters. The van der Waals surface area contributed by atoms with Crippen LogP contribution < -0.4 is 10.2 Å². The van der Waals surface area contributed by atoms with Crippen LogP contribution in [0.4, 0.5) is 37.7 Å². The first kappa shape index (κ1) is 46.7. The first-order valence-corrected chi connectivity index (χ1v) is 17.6. The van der Waals surface area contributed by atoms with Crippen LogP contribution in [0.25, 0.3) is 33.3 Å². The molecule has 0 amide bonds. The second-order valence-electron chi connectivity index (χ2n) is 12.1. The Morgan fingerprint density at radius 2 is 0.914 bits per heavy atom. The van der Waals surface area contributed by atoms with E-state index in [1.165, 1.54) is 36.4 Å². The van der Waals surface area contributed by atoms with E-state index < -0.39 is 35.3 Å². The minimum absolute atomic E-state index is 0. The molecule has 0 aliphatic carbocycles. The Labute approximate surface area is 345 Å². The predicted molar refractivity (Wildman–Crippen MR) is 210 cm³/mol. The van der Waals surface area contributed by atoms with Crippen LogP contribution in [-0.4, -0.2) is 47.0 Å². The molecular formula is C44H38F6N4O3Zn. The fourth-order valence-corrected chi connectivity index (χ4v) is 5.08. The Bertz CT molecular complexity index is 2210. The zero-order valence-electron chi connectivity index (χ0n) is 32.1. The van der Waals surface area contributed by atoms with Gasteiger partial charge in [-0.1, -0.05) is 109 Å². The third kappa shape index (κ3) is 13.7. The summed E-state index contributed by atoms with van der Waals surface area (Å²) in [5.41, 5.74) is -0.0241. The van der Waals surface area contributed by atoms with Crippen molar-refractivity contribution in [3.8, 4) is 0 Å². The van der Waals surface area contributed by atoms with Crippen molar-refractivity contribution in [2.24, 2.45) is 9.98 Å². The number of ether oxygens (including phenoxy) is 1. The van der Waals surface area contributed by atoms with Gasteiger partial charge in [-0.15, -0.1) is 0 Å². The molecular weight excluding hydrogens is 812 g/mol. The first-order valence-electron chi connectivity index (χ1n) is 17.6. The minimum Gasteiger partial charge on any atom is -0.872 e. The molecule has 2 heterocycles. The van der Waals surface area contributed by atoms with Crippen LogP contribution >= 0.6 is 0 Å². The number of halogens is 6. The van der Waals surface area contributed by atoms with Gasteiger partial charge in [0.15, 0.2) is 0 Å². The van der Waals surface area contributed by atoms with Gasteiger partial charge in [0.05, 0.1) is 22.4 Å². The summed E-state index contributed by atoms with van der Waals surface area (Å²) in [6.45, 7) is 9.16. The van der Waals surface area contributed by atoms with Gasteiger partial charge in [0.1, 0.15) is 11.4 Å². The Morgan fingerprint density at radius 3 is 1.22 bits per heavy atom. The van der Waals surface area contributed by atoms with Gasteiger partial charge in [-0.2, -0.15) is 26.3 Å². The summed E-state index contributed by atoms with van der Waals surface area (Å²) in [5, 5.41) is 25.7. The number of aliphatic imine (C=N–C) groups is 2. The first-order chi connectivity index (χ1) is 27.1. The van der Waals surface area contributed by atoms with Crippen molar-refractivity contribution in [2.75, 3.05) is 13.2 Å². The fourth-order valence-electron chi connectivity index (χ4n) is 5.08. The number of fused-ring (bicyclic) bond motifs is 2. The largest absolute Gasteiger partial charge is 2.00 e. The van der Waals surface area contributed by atoms with Gasteiger partial charge in [0.25, 0.3) is 0 Å². The van der Waals surface area contributed by atoms with E-state index in [0.29, 0.717) is 45.3 Å². The number of pyridine rings is 2. The molecule has 6 rings (SSSR count). The van der Waals surface area contributed by atoms with Crippen LogP contribution in [0.1, 0.15) is 36.4 Å². The molecule has 4 aromatic carbocycles. The summed E-state index contributed by atoms with van der Waals surface area (Å²) in [4.78, 5) is 16.0. The van der Waals surface area contributed by atoms with Crippen molar-refractivity contribution in [1.82, 2.24) is 9.97 Å². The Hall–Kier alpha value is -5.72. The molecule has 0 aliphatic rings. The number of benzene rings is 4. The molecule has 2 aromatic heterocycles. The normalized spacial score (nSPS) is 12.6. The molecule has 7 nitrogen and oxygen atoms in total. The second-order valence-corrected chi connectivity index (χ2v) is 12.1. The Balaban J connectivity index is 0.000000274. The van der Waals surface area contributed by atoms with E-state index in [9.17, 15) is 36.6 Å². The van der Waals surface area contributed by atoms with Crippen LogP contribution in [-0.2, 0) is 24.2 Å². The van der Waals surface area contributed by atoms with Gasteiger partial charge in [-0.3, -0.25) is 9.97 Å². The topological polar surface area (TPSA) is 106 Å².